The van der Waals surface area contributed by atoms with E-state index in [-0.39, 0.29) is 35.8 Å². The van der Waals surface area contributed by atoms with Crippen LogP contribution in [-0.2, 0) is 19.1 Å². The number of nitrogens with zero attached hydrogens (tertiary/aromatic N) is 2. The maximum absolute atomic E-state index is 13.0. The Morgan fingerprint density at radius 3 is 1.95 bits per heavy atom. The molecule has 1 saturated carbocycles. The highest BCUT2D eigenvalue weighted by atomic mass is 16.6. The van der Waals surface area contributed by atoms with Crippen molar-refractivity contribution in [2.45, 2.75) is 136 Å². The SMILES string of the molecule is CC(=O)CC[C@H](NC(=O)C1CCCCC1)c1nnc([C@H](CCCCNC(=O)OC(C)(C)C)NC(=O)OC(C)(C)C)o1. The maximum Gasteiger partial charge on any atom is 0.408 e. The van der Waals surface area contributed by atoms with Crippen molar-refractivity contribution < 1.29 is 33.1 Å². The van der Waals surface area contributed by atoms with E-state index in [0.717, 1.165) is 32.1 Å². The van der Waals surface area contributed by atoms with Gasteiger partial charge in [-0.15, -0.1) is 10.2 Å². The lowest BCUT2D eigenvalue weighted by atomic mass is 9.88. The number of carbonyl (C=O) groups is 4. The fourth-order valence-electron chi connectivity index (χ4n) is 4.47. The average Bonchev–Trinajstić information content (AvgIpc) is 3.34. The lowest BCUT2D eigenvalue weighted by Crippen LogP contribution is -2.35. The highest BCUT2D eigenvalue weighted by molar-refractivity contribution is 5.79. The van der Waals surface area contributed by atoms with E-state index in [2.05, 4.69) is 26.1 Å². The van der Waals surface area contributed by atoms with Crippen LogP contribution in [0.3, 0.4) is 0 Å². The molecule has 0 spiro atoms. The second-order valence-electron chi connectivity index (χ2n) is 12.7. The van der Waals surface area contributed by atoms with E-state index in [1.54, 1.807) is 41.5 Å². The molecule has 1 aromatic rings. The number of ether oxygens (including phenoxy) is 2. The topological polar surface area (TPSA) is 162 Å². The average molecular weight is 580 g/mol. The third kappa shape index (κ3) is 13.8. The lowest BCUT2D eigenvalue weighted by molar-refractivity contribution is -0.127. The van der Waals surface area contributed by atoms with Gasteiger partial charge in [0, 0.05) is 18.9 Å². The van der Waals surface area contributed by atoms with Crippen molar-refractivity contribution in [2.24, 2.45) is 5.92 Å². The Hall–Kier alpha value is -3.18. The molecule has 41 heavy (non-hydrogen) atoms. The van der Waals surface area contributed by atoms with Gasteiger partial charge < -0.3 is 34.6 Å². The summed E-state index contributed by atoms with van der Waals surface area (Å²) < 4.78 is 16.7. The highest BCUT2D eigenvalue weighted by Gasteiger charge is 2.29. The van der Waals surface area contributed by atoms with E-state index in [9.17, 15) is 19.2 Å². The fourth-order valence-corrected chi connectivity index (χ4v) is 4.47. The van der Waals surface area contributed by atoms with E-state index in [0.29, 0.717) is 32.2 Å². The summed E-state index contributed by atoms with van der Waals surface area (Å²) in [4.78, 5) is 49.2. The minimum atomic E-state index is -0.701. The molecule has 0 bridgehead atoms. The van der Waals surface area contributed by atoms with Gasteiger partial charge in [-0.1, -0.05) is 19.3 Å². The molecule has 1 aliphatic carbocycles. The van der Waals surface area contributed by atoms with E-state index >= 15 is 0 Å². The molecular formula is C29H49N5O7. The number of ketones is 1. The smallest absolute Gasteiger partial charge is 0.408 e. The van der Waals surface area contributed by atoms with Crippen LogP contribution in [0.2, 0.25) is 0 Å². The number of rotatable bonds is 13. The van der Waals surface area contributed by atoms with Crippen LogP contribution < -0.4 is 16.0 Å². The largest absolute Gasteiger partial charge is 0.444 e. The molecule has 2 atom stereocenters. The fraction of sp³-hybridized carbons (Fsp3) is 0.793. The van der Waals surface area contributed by atoms with E-state index in [4.69, 9.17) is 13.9 Å². The highest BCUT2D eigenvalue weighted by Crippen LogP contribution is 2.27. The Bertz CT molecular complexity index is 1010. The molecule has 1 aliphatic rings. The quantitative estimate of drug-likeness (QED) is 0.258. The monoisotopic (exact) mass is 579 g/mol. The second kappa shape index (κ2) is 15.7. The van der Waals surface area contributed by atoms with Gasteiger partial charge in [-0.3, -0.25) is 4.79 Å². The number of unbranched alkanes of at least 4 members (excludes halogenated alkanes) is 1. The number of nitrogens with one attached hydrogen (secondary N) is 3. The third-order valence-corrected chi connectivity index (χ3v) is 6.41. The Morgan fingerprint density at radius 1 is 0.829 bits per heavy atom. The Labute approximate surface area is 243 Å². The Morgan fingerprint density at radius 2 is 1.39 bits per heavy atom. The summed E-state index contributed by atoms with van der Waals surface area (Å²) in [5.41, 5.74) is -1.28. The van der Waals surface area contributed by atoms with Crippen LogP contribution in [0.1, 0.15) is 137 Å². The first kappa shape index (κ1) is 34.0. The first-order valence-corrected chi connectivity index (χ1v) is 14.7. The number of aromatic nitrogens is 2. The molecule has 2 rings (SSSR count). The summed E-state index contributed by atoms with van der Waals surface area (Å²) in [5, 5.41) is 16.9. The summed E-state index contributed by atoms with van der Waals surface area (Å²) in [6, 6.07) is -1.27. The molecule has 232 valence electrons. The summed E-state index contributed by atoms with van der Waals surface area (Å²) in [5.74, 6) is 0.213. The minimum absolute atomic E-state index is 0.00823. The van der Waals surface area contributed by atoms with Crippen LogP contribution in [0.25, 0.3) is 0 Å². The van der Waals surface area contributed by atoms with Crippen molar-refractivity contribution in [3.05, 3.63) is 11.8 Å². The summed E-state index contributed by atoms with van der Waals surface area (Å²) in [6.45, 7) is 12.6. The predicted molar refractivity (Wildman–Crippen MR) is 152 cm³/mol. The normalized spacial score (nSPS) is 15.9. The van der Waals surface area contributed by atoms with Crippen molar-refractivity contribution in [1.29, 1.82) is 0 Å². The zero-order chi connectivity index (χ0) is 30.6. The van der Waals surface area contributed by atoms with E-state index in [1.807, 2.05) is 0 Å². The second-order valence-corrected chi connectivity index (χ2v) is 12.7. The molecule has 0 unspecified atom stereocenters. The molecule has 12 nitrogen and oxygen atoms in total. The van der Waals surface area contributed by atoms with Gasteiger partial charge in [-0.25, -0.2) is 9.59 Å². The van der Waals surface area contributed by atoms with Gasteiger partial charge in [0.05, 0.1) is 0 Å². The van der Waals surface area contributed by atoms with Gasteiger partial charge in [0.15, 0.2) is 0 Å². The van der Waals surface area contributed by atoms with Gasteiger partial charge in [0.1, 0.15) is 29.1 Å². The molecular weight excluding hydrogens is 530 g/mol. The van der Waals surface area contributed by atoms with Crippen LogP contribution in [0.15, 0.2) is 4.42 Å². The van der Waals surface area contributed by atoms with Crippen molar-refractivity contribution in [3.8, 4) is 0 Å². The number of alkyl carbamates (subject to hydrolysis) is 2. The molecule has 1 aromatic heterocycles. The molecule has 0 aliphatic heterocycles. The van der Waals surface area contributed by atoms with Gasteiger partial charge in [-0.05, 0) is 87.0 Å². The zero-order valence-corrected chi connectivity index (χ0v) is 25.8. The Balaban J connectivity index is 2.11. The molecule has 0 radical (unpaired) electrons. The van der Waals surface area contributed by atoms with Crippen LogP contribution in [0.4, 0.5) is 9.59 Å². The molecule has 0 saturated heterocycles. The van der Waals surface area contributed by atoms with Crippen LogP contribution in [0.5, 0.6) is 0 Å². The Kier molecular flexibility index (Phi) is 13.0. The third-order valence-electron chi connectivity index (χ3n) is 6.41. The van der Waals surface area contributed by atoms with E-state index < -0.39 is 35.5 Å². The molecule has 1 heterocycles. The van der Waals surface area contributed by atoms with Gasteiger partial charge in [0.2, 0.25) is 17.7 Å². The lowest BCUT2D eigenvalue weighted by Gasteiger charge is -2.23. The first-order chi connectivity index (χ1) is 19.1. The van der Waals surface area contributed by atoms with Crippen molar-refractivity contribution in [2.75, 3.05) is 6.54 Å². The van der Waals surface area contributed by atoms with Crippen molar-refractivity contribution >= 4 is 23.9 Å². The number of Topliss-reactive ketones (excluding diaryl/α,β-unsaturated/α-hetero) is 1. The first-order valence-electron chi connectivity index (χ1n) is 14.7. The van der Waals surface area contributed by atoms with Crippen molar-refractivity contribution in [1.82, 2.24) is 26.1 Å². The maximum atomic E-state index is 13.0. The van der Waals surface area contributed by atoms with Gasteiger partial charge in [0.25, 0.3) is 0 Å². The van der Waals surface area contributed by atoms with Crippen LogP contribution >= 0.6 is 0 Å². The van der Waals surface area contributed by atoms with E-state index in [1.165, 1.54) is 6.92 Å². The van der Waals surface area contributed by atoms with Gasteiger partial charge >= 0.3 is 12.2 Å². The van der Waals surface area contributed by atoms with Crippen LogP contribution in [-0.4, -0.2) is 51.8 Å². The molecule has 3 amide bonds. The predicted octanol–water partition coefficient (Wildman–Crippen LogP) is 5.44. The van der Waals surface area contributed by atoms with Crippen LogP contribution in [0, 0.1) is 5.92 Å². The standard InChI is InChI=1S/C29H49N5O7/c1-19(35)16-17-22(31-23(36)20-13-9-8-10-14-20)25-34-33-24(39-25)21(32-27(38)41-29(5,6)7)15-11-12-18-30-26(37)40-28(2,3)4/h20-22H,8-18H2,1-7H3,(H,30,37)(H,31,36)(H,32,38)/t21-,22-/m0/s1. The molecule has 1 fully saturated rings. The molecule has 12 heteroatoms. The minimum Gasteiger partial charge on any atom is -0.444 e. The molecule has 0 aromatic carbocycles. The molecule has 3 N–H and O–H groups in total. The summed E-state index contributed by atoms with van der Waals surface area (Å²) >= 11 is 0. The summed E-state index contributed by atoms with van der Waals surface area (Å²) in [7, 11) is 0. The van der Waals surface area contributed by atoms with Crippen molar-refractivity contribution in [3.63, 3.8) is 0 Å². The van der Waals surface area contributed by atoms with Gasteiger partial charge in [-0.2, -0.15) is 0 Å². The zero-order valence-electron chi connectivity index (χ0n) is 25.8. The number of hydrogen-bond acceptors (Lipinski definition) is 9. The summed E-state index contributed by atoms with van der Waals surface area (Å²) in [6.07, 6.45) is 5.96. The number of carbonyl (C=O) groups excluding carboxylic acids is 4. The number of hydrogen-bond donors (Lipinski definition) is 3. The number of amides is 3.